The second kappa shape index (κ2) is 4.40. The van der Waals surface area contributed by atoms with Crippen LogP contribution in [0.25, 0.3) is 0 Å². The zero-order chi connectivity index (χ0) is 10.9. The summed E-state index contributed by atoms with van der Waals surface area (Å²) < 4.78 is 5.69. The van der Waals surface area contributed by atoms with E-state index in [2.05, 4.69) is 18.7 Å². The van der Waals surface area contributed by atoms with E-state index in [0.29, 0.717) is 12.1 Å². The van der Waals surface area contributed by atoms with Gasteiger partial charge in [-0.25, -0.2) is 0 Å². The summed E-state index contributed by atoms with van der Waals surface area (Å²) in [7, 11) is 0. The molecule has 1 aliphatic heterocycles. The van der Waals surface area contributed by atoms with E-state index in [1.54, 1.807) is 0 Å². The normalized spacial score (nSPS) is 37.0. The van der Waals surface area contributed by atoms with Gasteiger partial charge in [0.25, 0.3) is 0 Å². The van der Waals surface area contributed by atoms with Crippen LogP contribution in [-0.2, 0) is 4.74 Å². The number of morpholine rings is 1. The quantitative estimate of drug-likeness (QED) is 0.751. The minimum Gasteiger partial charge on any atom is -0.376 e. The molecule has 2 fully saturated rings. The van der Waals surface area contributed by atoms with Crippen molar-refractivity contribution in [1.29, 1.82) is 0 Å². The van der Waals surface area contributed by atoms with Gasteiger partial charge in [0.05, 0.1) is 12.7 Å². The summed E-state index contributed by atoms with van der Waals surface area (Å²) in [6.07, 6.45) is 5.61. The highest BCUT2D eigenvalue weighted by Gasteiger charge is 2.42. The Balaban J connectivity index is 2.11. The first-order valence-electron chi connectivity index (χ1n) is 6.26. The first kappa shape index (κ1) is 11.4. The fraction of sp³-hybridized carbons (Fsp3) is 1.00. The molecular weight excluding hydrogens is 188 g/mol. The van der Waals surface area contributed by atoms with Gasteiger partial charge in [-0.1, -0.05) is 12.8 Å². The molecule has 0 aromatic carbocycles. The number of nitrogens with zero attached hydrogens (tertiary/aromatic N) is 1. The summed E-state index contributed by atoms with van der Waals surface area (Å²) in [4.78, 5) is 2.62. The molecule has 0 amide bonds. The van der Waals surface area contributed by atoms with E-state index in [-0.39, 0.29) is 5.54 Å². The van der Waals surface area contributed by atoms with Gasteiger partial charge in [0, 0.05) is 24.7 Å². The molecule has 2 aliphatic rings. The average molecular weight is 212 g/mol. The third-order valence-corrected chi connectivity index (χ3v) is 4.13. The maximum atomic E-state index is 6.02. The first-order chi connectivity index (χ1) is 7.18. The lowest BCUT2D eigenvalue weighted by Gasteiger charge is -2.48. The van der Waals surface area contributed by atoms with E-state index in [0.717, 1.165) is 19.7 Å². The molecule has 0 radical (unpaired) electrons. The zero-order valence-corrected chi connectivity index (χ0v) is 10.0. The van der Waals surface area contributed by atoms with Crippen LogP contribution in [-0.4, -0.2) is 42.3 Å². The maximum Gasteiger partial charge on any atom is 0.0675 e. The molecule has 3 heteroatoms. The summed E-state index contributed by atoms with van der Waals surface area (Å²) in [5.74, 6) is 0. The highest BCUT2D eigenvalue weighted by molar-refractivity contribution is 4.99. The predicted molar refractivity (Wildman–Crippen MR) is 61.8 cm³/mol. The summed E-state index contributed by atoms with van der Waals surface area (Å²) in [5, 5.41) is 0. The average Bonchev–Trinajstić information content (AvgIpc) is 2.71. The monoisotopic (exact) mass is 212 g/mol. The molecule has 2 rings (SSSR count). The van der Waals surface area contributed by atoms with Crippen LogP contribution < -0.4 is 5.73 Å². The summed E-state index contributed by atoms with van der Waals surface area (Å²) >= 11 is 0. The van der Waals surface area contributed by atoms with Crippen LogP contribution in [0.15, 0.2) is 0 Å². The van der Waals surface area contributed by atoms with Crippen molar-refractivity contribution in [2.45, 2.75) is 57.2 Å². The van der Waals surface area contributed by atoms with Gasteiger partial charge in [0.1, 0.15) is 0 Å². The Bertz CT molecular complexity index is 214. The van der Waals surface area contributed by atoms with Crippen molar-refractivity contribution in [3.05, 3.63) is 0 Å². The molecular formula is C12H24N2O. The zero-order valence-electron chi connectivity index (χ0n) is 10.0. The van der Waals surface area contributed by atoms with Crippen LogP contribution in [0.3, 0.4) is 0 Å². The SMILES string of the molecule is CC1CN(C2(CN)CCCC2)C(C)CO1. The van der Waals surface area contributed by atoms with Gasteiger partial charge in [0.2, 0.25) is 0 Å². The van der Waals surface area contributed by atoms with Crippen LogP contribution in [0.4, 0.5) is 0 Å². The summed E-state index contributed by atoms with van der Waals surface area (Å²) in [5.41, 5.74) is 6.31. The number of nitrogens with two attached hydrogens (primary N) is 1. The van der Waals surface area contributed by atoms with E-state index in [1.807, 2.05) is 0 Å². The highest BCUT2D eigenvalue weighted by Crippen LogP contribution is 2.37. The molecule has 2 N–H and O–H groups in total. The van der Waals surface area contributed by atoms with Gasteiger partial charge in [-0.05, 0) is 26.7 Å². The smallest absolute Gasteiger partial charge is 0.0675 e. The lowest BCUT2D eigenvalue weighted by atomic mass is 9.92. The molecule has 1 saturated heterocycles. The van der Waals surface area contributed by atoms with E-state index in [9.17, 15) is 0 Å². The third-order valence-electron chi connectivity index (χ3n) is 4.13. The molecule has 0 spiro atoms. The molecule has 3 nitrogen and oxygen atoms in total. The van der Waals surface area contributed by atoms with Gasteiger partial charge in [-0.15, -0.1) is 0 Å². The Hall–Kier alpha value is -0.120. The Morgan fingerprint density at radius 3 is 2.60 bits per heavy atom. The Kier molecular flexibility index (Phi) is 3.33. The van der Waals surface area contributed by atoms with Crippen LogP contribution in [0.1, 0.15) is 39.5 Å². The third kappa shape index (κ3) is 2.05. The lowest BCUT2D eigenvalue weighted by molar-refractivity contribution is -0.0911. The van der Waals surface area contributed by atoms with Crippen molar-refractivity contribution < 1.29 is 4.74 Å². The molecule has 1 heterocycles. The van der Waals surface area contributed by atoms with Gasteiger partial charge in [-0.2, -0.15) is 0 Å². The second-order valence-corrected chi connectivity index (χ2v) is 5.28. The Labute approximate surface area is 93.0 Å². The van der Waals surface area contributed by atoms with Crippen molar-refractivity contribution in [3.63, 3.8) is 0 Å². The second-order valence-electron chi connectivity index (χ2n) is 5.28. The first-order valence-corrected chi connectivity index (χ1v) is 6.26. The number of hydrogen-bond acceptors (Lipinski definition) is 3. The number of ether oxygens (including phenoxy) is 1. The molecule has 1 aliphatic carbocycles. The summed E-state index contributed by atoms with van der Waals surface area (Å²) in [6, 6.07) is 0.530. The molecule has 2 unspecified atom stereocenters. The van der Waals surface area contributed by atoms with Crippen LogP contribution in [0, 0.1) is 0 Å². The maximum absolute atomic E-state index is 6.02. The van der Waals surface area contributed by atoms with E-state index in [4.69, 9.17) is 10.5 Å². The van der Waals surface area contributed by atoms with Crippen LogP contribution in [0.2, 0.25) is 0 Å². The largest absolute Gasteiger partial charge is 0.376 e. The van der Waals surface area contributed by atoms with Crippen molar-refractivity contribution in [1.82, 2.24) is 4.90 Å². The highest BCUT2D eigenvalue weighted by atomic mass is 16.5. The molecule has 0 aromatic heterocycles. The molecule has 88 valence electrons. The van der Waals surface area contributed by atoms with E-state index >= 15 is 0 Å². The van der Waals surface area contributed by atoms with Crippen LogP contribution in [0.5, 0.6) is 0 Å². The van der Waals surface area contributed by atoms with Crippen molar-refractivity contribution in [2.24, 2.45) is 5.73 Å². The molecule has 1 saturated carbocycles. The minimum absolute atomic E-state index is 0.289. The molecule has 15 heavy (non-hydrogen) atoms. The Morgan fingerprint density at radius 2 is 2.00 bits per heavy atom. The molecule has 2 atom stereocenters. The number of hydrogen-bond donors (Lipinski definition) is 1. The molecule has 0 aromatic rings. The van der Waals surface area contributed by atoms with Gasteiger partial charge >= 0.3 is 0 Å². The lowest BCUT2D eigenvalue weighted by Crippen LogP contribution is -2.61. The van der Waals surface area contributed by atoms with Crippen molar-refractivity contribution >= 4 is 0 Å². The van der Waals surface area contributed by atoms with Gasteiger partial charge < -0.3 is 10.5 Å². The van der Waals surface area contributed by atoms with Gasteiger partial charge in [-0.3, -0.25) is 4.90 Å². The molecule has 0 bridgehead atoms. The Morgan fingerprint density at radius 1 is 1.33 bits per heavy atom. The fourth-order valence-corrected chi connectivity index (χ4v) is 3.21. The van der Waals surface area contributed by atoms with Crippen molar-refractivity contribution in [3.8, 4) is 0 Å². The van der Waals surface area contributed by atoms with Crippen LogP contribution >= 0.6 is 0 Å². The fourth-order valence-electron chi connectivity index (χ4n) is 3.21. The van der Waals surface area contributed by atoms with Gasteiger partial charge in [0.15, 0.2) is 0 Å². The van der Waals surface area contributed by atoms with E-state index in [1.165, 1.54) is 25.7 Å². The minimum atomic E-state index is 0.289. The van der Waals surface area contributed by atoms with E-state index < -0.39 is 0 Å². The predicted octanol–water partition coefficient (Wildman–Crippen LogP) is 1.37. The summed E-state index contributed by atoms with van der Waals surface area (Å²) in [6.45, 7) is 7.16. The standard InChI is InChI=1S/C12H24N2O/c1-10-8-15-11(2)7-14(10)12(9-13)5-3-4-6-12/h10-11H,3-9,13H2,1-2H3. The topological polar surface area (TPSA) is 38.5 Å². The van der Waals surface area contributed by atoms with Crippen molar-refractivity contribution in [2.75, 3.05) is 19.7 Å². The number of rotatable bonds is 2.